The number of carbonyl (C=O) groups is 2. The van der Waals surface area contributed by atoms with E-state index in [2.05, 4.69) is 5.32 Å². The molecule has 1 heterocycles. The molecule has 3 rings (SSSR count). The standard InChI is InChI=1S/C20H23N3O3/c1-26-15-9-7-14(8-10-15)12-22-19(24)13-23-11-3-5-16-17(20(21)25)4-2-6-18(16)23/h2,4,6-10H,3,5,11-13H2,1H3,(H2,21,25)(H,22,24). The molecule has 0 bridgehead atoms. The Hall–Kier alpha value is -3.02. The summed E-state index contributed by atoms with van der Waals surface area (Å²) in [5.41, 5.74) is 8.89. The van der Waals surface area contributed by atoms with Crippen molar-refractivity contribution in [1.29, 1.82) is 0 Å². The van der Waals surface area contributed by atoms with E-state index in [1.54, 1.807) is 13.2 Å². The van der Waals surface area contributed by atoms with E-state index in [4.69, 9.17) is 10.5 Å². The van der Waals surface area contributed by atoms with Gasteiger partial charge < -0.3 is 20.7 Å². The summed E-state index contributed by atoms with van der Waals surface area (Å²) < 4.78 is 5.13. The van der Waals surface area contributed by atoms with Gasteiger partial charge in [0.15, 0.2) is 0 Å². The Morgan fingerprint density at radius 3 is 2.65 bits per heavy atom. The summed E-state index contributed by atoms with van der Waals surface area (Å²) in [5.74, 6) is 0.307. The maximum absolute atomic E-state index is 12.4. The molecule has 2 aromatic carbocycles. The van der Waals surface area contributed by atoms with Crippen molar-refractivity contribution in [3.8, 4) is 5.75 Å². The molecule has 1 aliphatic rings. The first-order valence-electron chi connectivity index (χ1n) is 8.64. The van der Waals surface area contributed by atoms with Gasteiger partial charge in [-0.25, -0.2) is 0 Å². The molecule has 6 nitrogen and oxygen atoms in total. The molecule has 136 valence electrons. The van der Waals surface area contributed by atoms with E-state index < -0.39 is 5.91 Å². The van der Waals surface area contributed by atoms with Crippen molar-refractivity contribution in [2.75, 3.05) is 25.1 Å². The number of fused-ring (bicyclic) bond motifs is 1. The number of rotatable bonds is 6. The van der Waals surface area contributed by atoms with Crippen LogP contribution in [0.4, 0.5) is 5.69 Å². The van der Waals surface area contributed by atoms with Crippen LogP contribution in [0.3, 0.4) is 0 Å². The Morgan fingerprint density at radius 2 is 1.96 bits per heavy atom. The number of anilines is 1. The number of primary amides is 1. The molecule has 2 aromatic rings. The molecule has 0 aliphatic carbocycles. The SMILES string of the molecule is COc1ccc(CNC(=O)CN2CCCc3c(C(N)=O)cccc32)cc1. The van der Waals surface area contributed by atoms with E-state index in [1.165, 1.54) is 0 Å². The van der Waals surface area contributed by atoms with Crippen molar-refractivity contribution >= 4 is 17.5 Å². The Labute approximate surface area is 152 Å². The zero-order chi connectivity index (χ0) is 18.5. The largest absolute Gasteiger partial charge is 0.497 e. The zero-order valence-electron chi connectivity index (χ0n) is 14.8. The molecule has 0 saturated carbocycles. The number of nitrogens with two attached hydrogens (primary N) is 1. The van der Waals surface area contributed by atoms with Crippen LogP contribution in [-0.4, -0.2) is 32.0 Å². The molecule has 0 aromatic heterocycles. The lowest BCUT2D eigenvalue weighted by atomic mass is 9.96. The lowest BCUT2D eigenvalue weighted by molar-refractivity contribution is -0.119. The highest BCUT2D eigenvalue weighted by Crippen LogP contribution is 2.29. The summed E-state index contributed by atoms with van der Waals surface area (Å²) in [6, 6.07) is 13.1. The van der Waals surface area contributed by atoms with E-state index in [0.717, 1.165) is 42.0 Å². The van der Waals surface area contributed by atoms with Crippen LogP contribution in [0.15, 0.2) is 42.5 Å². The minimum Gasteiger partial charge on any atom is -0.497 e. The second-order valence-electron chi connectivity index (χ2n) is 6.32. The topological polar surface area (TPSA) is 84.7 Å². The molecule has 6 heteroatoms. The Kier molecular flexibility index (Phi) is 5.41. The van der Waals surface area contributed by atoms with Gasteiger partial charge in [-0.15, -0.1) is 0 Å². The summed E-state index contributed by atoms with van der Waals surface area (Å²) in [5, 5.41) is 2.94. The van der Waals surface area contributed by atoms with Crippen LogP contribution in [-0.2, 0) is 17.8 Å². The minimum atomic E-state index is -0.423. The van der Waals surface area contributed by atoms with Gasteiger partial charge in [0.2, 0.25) is 11.8 Å². The molecule has 3 N–H and O–H groups in total. The fourth-order valence-electron chi connectivity index (χ4n) is 3.27. The maximum Gasteiger partial charge on any atom is 0.249 e. The molecule has 0 spiro atoms. The van der Waals surface area contributed by atoms with Gasteiger partial charge >= 0.3 is 0 Å². The molecule has 0 saturated heterocycles. The molecule has 0 atom stereocenters. The van der Waals surface area contributed by atoms with Gasteiger partial charge in [-0.2, -0.15) is 0 Å². The van der Waals surface area contributed by atoms with Gasteiger partial charge in [0.1, 0.15) is 5.75 Å². The van der Waals surface area contributed by atoms with Crippen LogP contribution in [0, 0.1) is 0 Å². The number of nitrogens with one attached hydrogen (secondary N) is 1. The summed E-state index contributed by atoms with van der Waals surface area (Å²) >= 11 is 0. The van der Waals surface area contributed by atoms with Crippen LogP contribution < -0.4 is 20.7 Å². The maximum atomic E-state index is 12.4. The smallest absolute Gasteiger partial charge is 0.249 e. The highest BCUT2D eigenvalue weighted by Gasteiger charge is 2.22. The summed E-state index contributed by atoms with van der Waals surface area (Å²) in [6.07, 6.45) is 1.70. The van der Waals surface area contributed by atoms with Crippen molar-refractivity contribution in [3.05, 3.63) is 59.2 Å². The number of hydrogen-bond donors (Lipinski definition) is 2. The number of ether oxygens (including phenoxy) is 1. The molecule has 0 fully saturated rings. The number of amides is 2. The first-order chi connectivity index (χ1) is 12.6. The van der Waals surface area contributed by atoms with Crippen LogP contribution in [0.2, 0.25) is 0 Å². The molecule has 0 unspecified atom stereocenters. The predicted molar refractivity (Wildman–Crippen MR) is 100 cm³/mol. The third-order valence-corrected chi connectivity index (χ3v) is 4.60. The molecule has 26 heavy (non-hydrogen) atoms. The fraction of sp³-hybridized carbons (Fsp3) is 0.300. The molecular weight excluding hydrogens is 330 g/mol. The minimum absolute atomic E-state index is 0.0573. The van der Waals surface area contributed by atoms with Crippen molar-refractivity contribution in [1.82, 2.24) is 5.32 Å². The highest BCUT2D eigenvalue weighted by molar-refractivity contribution is 5.96. The van der Waals surface area contributed by atoms with E-state index in [9.17, 15) is 9.59 Å². The van der Waals surface area contributed by atoms with Crippen LogP contribution >= 0.6 is 0 Å². The number of hydrogen-bond acceptors (Lipinski definition) is 4. The van der Waals surface area contributed by atoms with Crippen molar-refractivity contribution in [2.45, 2.75) is 19.4 Å². The number of carbonyl (C=O) groups excluding carboxylic acids is 2. The van der Waals surface area contributed by atoms with Crippen LogP contribution in [0.1, 0.15) is 27.9 Å². The molecule has 1 aliphatic heterocycles. The summed E-state index contributed by atoms with van der Waals surface area (Å²) in [7, 11) is 1.62. The second kappa shape index (κ2) is 7.91. The van der Waals surface area contributed by atoms with E-state index in [-0.39, 0.29) is 12.5 Å². The van der Waals surface area contributed by atoms with Gasteiger partial charge in [-0.1, -0.05) is 18.2 Å². The third kappa shape index (κ3) is 3.96. The highest BCUT2D eigenvalue weighted by atomic mass is 16.5. The Balaban J connectivity index is 1.63. The normalized spacial score (nSPS) is 13.0. The van der Waals surface area contributed by atoms with E-state index in [0.29, 0.717) is 12.1 Å². The summed E-state index contributed by atoms with van der Waals surface area (Å²) in [6.45, 7) is 1.50. The summed E-state index contributed by atoms with van der Waals surface area (Å²) in [4.78, 5) is 26.0. The monoisotopic (exact) mass is 353 g/mol. The first kappa shape index (κ1) is 17.8. The van der Waals surface area contributed by atoms with Gasteiger partial charge in [0, 0.05) is 24.3 Å². The predicted octanol–water partition coefficient (Wildman–Crippen LogP) is 1.86. The average molecular weight is 353 g/mol. The zero-order valence-corrected chi connectivity index (χ0v) is 14.8. The van der Waals surface area contributed by atoms with E-state index >= 15 is 0 Å². The number of nitrogens with zero attached hydrogens (tertiary/aromatic N) is 1. The number of methoxy groups -OCH3 is 1. The van der Waals surface area contributed by atoms with Gasteiger partial charge in [0.05, 0.1) is 13.7 Å². The quantitative estimate of drug-likeness (QED) is 0.830. The number of benzene rings is 2. The first-order valence-corrected chi connectivity index (χ1v) is 8.64. The van der Waals surface area contributed by atoms with Crippen molar-refractivity contribution < 1.29 is 14.3 Å². The van der Waals surface area contributed by atoms with Gasteiger partial charge in [-0.3, -0.25) is 9.59 Å². The third-order valence-electron chi connectivity index (χ3n) is 4.60. The lowest BCUT2D eigenvalue weighted by Gasteiger charge is -2.31. The molecule has 2 amide bonds. The molecular formula is C20H23N3O3. The molecule has 0 radical (unpaired) electrons. The van der Waals surface area contributed by atoms with Crippen molar-refractivity contribution in [2.24, 2.45) is 5.73 Å². The van der Waals surface area contributed by atoms with Gasteiger partial charge in [0.25, 0.3) is 0 Å². The van der Waals surface area contributed by atoms with Crippen LogP contribution in [0.5, 0.6) is 5.75 Å². The Bertz CT molecular complexity index is 802. The van der Waals surface area contributed by atoms with Gasteiger partial charge in [-0.05, 0) is 48.2 Å². The fourth-order valence-corrected chi connectivity index (χ4v) is 3.27. The second-order valence-corrected chi connectivity index (χ2v) is 6.32. The Morgan fingerprint density at radius 1 is 1.19 bits per heavy atom. The lowest BCUT2D eigenvalue weighted by Crippen LogP contribution is -2.40. The van der Waals surface area contributed by atoms with Crippen molar-refractivity contribution in [3.63, 3.8) is 0 Å². The van der Waals surface area contributed by atoms with E-state index in [1.807, 2.05) is 41.3 Å². The van der Waals surface area contributed by atoms with Crippen LogP contribution in [0.25, 0.3) is 0 Å². The average Bonchev–Trinajstić information content (AvgIpc) is 2.66.